The first-order valence-corrected chi connectivity index (χ1v) is 7.43. The van der Waals surface area contributed by atoms with Crippen molar-refractivity contribution in [2.24, 2.45) is 0 Å². The fourth-order valence-corrected chi connectivity index (χ4v) is 3.46. The Balaban J connectivity index is 1.87. The lowest BCUT2D eigenvalue weighted by Crippen LogP contribution is -2.39. The molecule has 4 rings (SSSR count). The highest BCUT2D eigenvalue weighted by molar-refractivity contribution is 6.00. The number of aromatic amines is 2. The van der Waals surface area contributed by atoms with Gasteiger partial charge in [-0.2, -0.15) is 5.26 Å². The van der Waals surface area contributed by atoms with Crippen molar-refractivity contribution in [1.29, 1.82) is 5.26 Å². The number of imidazole rings is 1. The summed E-state index contributed by atoms with van der Waals surface area (Å²) in [6.45, 7) is 2.06. The molecule has 1 atom stereocenters. The van der Waals surface area contributed by atoms with Gasteiger partial charge in [0, 0.05) is 18.1 Å². The Morgan fingerprint density at radius 3 is 3.27 bits per heavy atom. The first-order chi connectivity index (χ1) is 10.8. The van der Waals surface area contributed by atoms with Gasteiger partial charge in [-0.25, -0.2) is 9.78 Å². The lowest BCUT2D eigenvalue weighted by Gasteiger charge is -2.31. The van der Waals surface area contributed by atoms with Crippen LogP contribution in [-0.2, 0) is 0 Å². The Morgan fingerprint density at radius 2 is 2.41 bits per heavy atom. The molecule has 0 spiro atoms. The quantitative estimate of drug-likeness (QED) is 0.698. The lowest BCUT2D eigenvalue weighted by molar-refractivity contribution is 0.196. The Kier molecular flexibility index (Phi) is 2.98. The number of piperidine rings is 1. The summed E-state index contributed by atoms with van der Waals surface area (Å²) < 4.78 is 1.84. The molecule has 0 radical (unpaired) electrons. The molecule has 0 aliphatic carbocycles. The third-order valence-electron chi connectivity index (χ3n) is 4.40. The Labute approximate surface area is 126 Å². The number of nitrogens with one attached hydrogen (secondary N) is 2. The molecule has 3 aromatic rings. The number of rotatable bonds is 2. The highest BCUT2D eigenvalue weighted by atomic mass is 16.1. The number of hydrogen-bond acceptors (Lipinski definition) is 4. The number of pyridine rings is 1. The van der Waals surface area contributed by atoms with Crippen molar-refractivity contribution in [3.05, 3.63) is 28.9 Å². The Hall–Kier alpha value is -2.59. The predicted molar refractivity (Wildman–Crippen MR) is 82.5 cm³/mol. The van der Waals surface area contributed by atoms with E-state index in [4.69, 9.17) is 5.26 Å². The van der Waals surface area contributed by atoms with Gasteiger partial charge in [-0.15, -0.1) is 0 Å². The van der Waals surface area contributed by atoms with Gasteiger partial charge in [-0.05, 0) is 25.5 Å². The van der Waals surface area contributed by atoms with Gasteiger partial charge in [0.05, 0.1) is 35.9 Å². The van der Waals surface area contributed by atoms with Crippen LogP contribution in [0.25, 0.3) is 22.1 Å². The Bertz CT molecular complexity index is 927. The van der Waals surface area contributed by atoms with Crippen LogP contribution in [0.5, 0.6) is 0 Å². The predicted octanol–water partition coefficient (Wildman–Crippen LogP) is 1.37. The van der Waals surface area contributed by atoms with Crippen molar-refractivity contribution in [3.8, 4) is 6.07 Å². The molecule has 0 bridgehead atoms. The van der Waals surface area contributed by atoms with Crippen LogP contribution >= 0.6 is 0 Å². The van der Waals surface area contributed by atoms with Crippen molar-refractivity contribution in [2.75, 3.05) is 19.6 Å². The van der Waals surface area contributed by atoms with E-state index in [0.29, 0.717) is 6.54 Å². The van der Waals surface area contributed by atoms with Crippen molar-refractivity contribution in [2.45, 2.75) is 18.9 Å². The second-order valence-corrected chi connectivity index (χ2v) is 5.75. The summed E-state index contributed by atoms with van der Waals surface area (Å²) in [6.07, 6.45) is 5.47. The van der Waals surface area contributed by atoms with Crippen molar-refractivity contribution in [3.63, 3.8) is 0 Å². The second kappa shape index (κ2) is 5.00. The van der Waals surface area contributed by atoms with E-state index in [1.54, 1.807) is 6.20 Å². The molecule has 0 amide bonds. The van der Waals surface area contributed by atoms with Crippen LogP contribution in [0.4, 0.5) is 0 Å². The van der Waals surface area contributed by atoms with Gasteiger partial charge in [0.15, 0.2) is 0 Å². The molecule has 1 saturated heterocycles. The fraction of sp³-hybridized carbons (Fsp3) is 0.400. The molecule has 3 aromatic heterocycles. The van der Waals surface area contributed by atoms with Crippen LogP contribution in [0, 0.1) is 11.3 Å². The number of fused-ring (bicyclic) bond motifs is 3. The van der Waals surface area contributed by atoms with E-state index in [1.807, 2.05) is 16.8 Å². The van der Waals surface area contributed by atoms with E-state index < -0.39 is 0 Å². The fourth-order valence-electron chi connectivity index (χ4n) is 3.46. The van der Waals surface area contributed by atoms with Gasteiger partial charge < -0.3 is 9.97 Å². The van der Waals surface area contributed by atoms with Crippen LogP contribution in [0.3, 0.4) is 0 Å². The van der Waals surface area contributed by atoms with Gasteiger partial charge in [0.1, 0.15) is 5.65 Å². The van der Waals surface area contributed by atoms with Crippen LogP contribution < -0.4 is 5.69 Å². The third-order valence-corrected chi connectivity index (χ3v) is 4.40. The maximum atomic E-state index is 12.5. The molecule has 2 N–H and O–H groups in total. The molecular formula is C15H16N6O. The smallest absolute Gasteiger partial charge is 0.326 e. The highest BCUT2D eigenvalue weighted by Gasteiger charge is 2.25. The molecule has 0 saturated carbocycles. The van der Waals surface area contributed by atoms with Crippen LogP contribution in [0.15, 0.2) is 23.3 Å². The van der Waals surface area contributed by atoms with Crippen LogP contribution in [0.2, 0.25) is 0 Å². The topological polar surface area (TPSA) is 93.5 Å². The first-order valence-electron chi connectivity index (χ1n) is 7.43. The molecule has 0 unspecified atom stereocenters. The van der Waals surface area contributed by atoms with E-state index in [0.717, 1.165) is 48.0 Å². The van der Waals surface area contributed by atoms with Gasteiger partial charge in [0.25, 0.3) is 0 Å². The lowest BCUT2D eigenvalue weighted by atomic mass is 10.1. The summed E-state index contributed by atoms with van der Waals surface area (Å²) in [5.41, 5.74) is 2.34. The number of hydrogen-bond donors (Lipinski definition) is 2. The molecule has 1 aliphatic rings. The van der Waals surface area contributed by atoms with Gasteiger partial charge in [0.2, 0.25) is 0 Å². The largest absolute Gasteiger partial charge is 0.346 e. The second-order valence-electron chi connectivity index (χ2n) is 5.75. The zero-order valence-electron chi connectivity index (χ0n) is 12.0. The molecule has 7 nitrogen and oxygen atoms in total. The maximum absolute atomic E-state index is 12.5. The molecule has 112 valence electrons. The van der Waals surface area contributed by atoms with Crippen molar-refractivity contribution >= 4 is 22.1 Å². The van der Waals surface area contributed by atoms with E-state index in [-0.39, 0.29) is 11.7 Å². The number of aromatic nitrogens is 4. The van der Waals surface area contributed by atoms with E-state index >= 15 is 0 Å². The molecule has 22 heavy (non-hydrogen) atoms. The molecule has 1 aliphatic heterocycles. The summed E-state index contributed by atoms with van der Waals surface area (Å²) >= 11 is 0. The minimum Gasteiger partial charge on any atom is -0.346 e. The Morgan fingerprint density at radius 1 is 1.50 bits per heavy atom. The van der Waals surface area contributed by atoms with Crippen molar-refractivity contribution in [1.82, 2.24) is 24.4 Å². The minimum absolute atomic E-state index is 0.0869. The monoisotopic (exact) mass is 296 g/mol. The van der Waals surface area contributed by atoms with Gasteiger partial charge in [-0.3, -0.25) is 9.47 Å². The number of nitriles is 1. The number of H-pyrrole nitrogens is 2. The molecular weight excluding hydrogens is 280 g/mol. The highest BCUT2D eigenvalue weighted by Crippen LogP contribution is 2.27. The minimum atomic E-state index is -0.102. The summed E-state index contributed by atoms with van der Waals surface area (Å²) in [5.74, 6) is 0. The molecule has 1 fully saturated rings. The maximum Gasteiger partial charge on any atom is 0.326 e. The normalized spacial score (nSPS) is 19.7. The van der Waals surface area contributed by atoms with Crippen LogP contribution in [0.1, 0.15) is 18.9 Å². The molecule has 4 heterocycles. The van der Waals surface area contributed by atoms with E-state index in [9.17, 15) is 4.79 Å². The zero-order chi connectivity index (χ0) is 15.1. The molecule has 0 aromatic carbocycles. The summed E-state index contributed by atoms with van der Waals surface area (Å²) in [6, 6.07) is 4.23. The SMILES string of the molecule is N#CCN1CCC[C@@H](n2c(=O)[nH]c3cnc4[nH]ccc4c32)C1. The van der Waals surface area contributed by atoms with Crippen molar-refractivity contribution < 1.29 is 0 Å². The third kappa shape index (κ3) is 1.92. The number of nitrogens with zero attached hydrogens (tertiary/aromatic N) is 4. The van der Waals surface area contributed by atoms with Crippen LogP contribution in [-0.4, -0.2) is 44.1 Å². The average Bonchev–Trinajstić information content (AvgIpc) is 3.10. The van der Waals surface area contributed by atoms with E-state index in [1.165, 1.54) is 0 Å². The molecule has 7 heteroatoms. The average molecular weight is 296 g/mol. The van der Waals surface area contributed by atoms with Gasteiger partial charge >= 0.3 is 5.69 Å². The number of likely N-dealkylation sites (tertiary alicyclic amines) is 1. The summed E-state index contributed by atoms with van der Waals surface area (Å²) in [7, 11) is 0. The summed E-state index contributed by atoms with van der Waals surface area (Å²) in [4.78, 5) is 24.9. The summed E-state index contributed by atoms with van der Waals surface area (Å²) in [5, 5.41) is 9.85. The van der Waals surface area contributed by atoms with Gasteiger partial charge in [-0.1, -0.05) is 0 Å². The standard InChI is InChI=1S/C15H16N6O/c16-4-7-20-6-1-2-10(9-20)21-13-11-3-5-17-14(11)18-8-12(13)19-15(21)22/h3,5,8,10H,1-2,6-7,9H2,(H,17,18)(H,19,22)/t10-/m1/s1. The zero-order valence-corrected chi connectivity index (χ0v) is 12.0. The van der Waals surface area contributed by atoms with E-state index in [2.05, 4.69) is 25.9 Å². The first kappa shape index (κ1) is 13.1.